The zero-order valence-electron chi connectivity index (χ0n) is 13.6. The van der Waals surface area contributed by atoms with Gasteiger partial charge in [0, 0.05) is 25.3 Å². The number of nitrogens with one attached hydrogen (secondary N) is 1. The van der Waals surface area contributed by atoms with Crippen molar-refractivity contribution in [3.05, 3.63) is 29.8 Å². The van der Waals surface area contributed by atoms with E-state index < -0.39 is 0 Å². The van der Waals surface area contributed by atoms with E-state index in [1.54, 1.807) is 0 Å². The van der Waals surface area contributed by atoms with Gasteiger partial charge < -0.3 is 10.2 Å². The summed E-state index contributed by atoms with van der Waals surface area (Å²) >= 11 is 0. The third-order valence-corrected chi connectivity index (χ3v) is 4.47. The Kier molecular flexibility index (Phi) is 5.09. The molecule has 1 heterocycles. The molecule has 2 heteroatoms. The number of anilines is 1. The van der Waals surface area contributed by atoms with E-state index in [-0.39, 0.29) is 0 Å². The Morgan fingerprint density at radius 1 is 1.20 bits per heavy atom. The Labute approximate surface area is 124 Å². The molecule has 0 aromatic heterocycles. The van der Waals surface area contributed by atoms with E-state index in [9.17, 15) is 0 Å². The third-order valence-electron chi connectivity index (χ3n) is 4.47. The van der Waals surface area contributed by atoms with Gasteiger partial charge in [-0.15, -0.1) is 0 Å². The first-order chi connectivity index (χ1) is 9.50. The summed E-state index contributed by atoms with van der Waals surface area (Å²) in [5.74, 6) is 0.813. The van der Waals surface area contributed by atoms with E-state index in [1.807, 2.05) is 0 Å². The average Bonchev–Trinajstić information content (AvgIpc) is 2.89. The van der Waals surface area contributed by atoms with E-state index in [1.165, 1.54) is 37.2 Å². The van der Waals surface area contributed by atoms with Crippen LogP contribution in [0.25, 0.3) is 0 Å². The SMILES string of the molecule is CCCNCc1ccc(N2CCC(C(C)(C)C)C2)cc1. The molecule has 20 heavy (non-hydrogen) atoms. The summed E-state index contributed by atoms with van der Waals surface area (Å²) in [5.41, 5.74) is 3.20. The van der Waals surface area contributed by atoms with Gasteiger partial charge in [0.1, 0.15) is 0 Å². The van der Waals surface area contributed by atoms with Crippen LogP contribution in [0.1, 0.15) is 46.1 Å². The lowest BCUT2D eigenvalue weighted by Crippen LogP contribution is -2.25. The first-order valence-electron chi connectivity index (χ1n) is 8.05. The molecule has 0 radical (unpaired) electrons. The first kappa shape index (κ1) is 15.4. The quantitative estimate of drug-likeness (QED) is 0.815. The number of hydrogen-bond acceptors (Lipinski definition) is 2. The van der Waals surface area contributed by atoms with Gasteiger partial charge in [0.05, 0.1) is 0 Å². The van der Waals surface area contributed by atoms with Gasteiger partial charge in [-0.1, -0.05) is 39.8 Å². The Morgan fingerprint density at radius 2 is 1.90 bits per heavy atom. The zero-order chi connectivity index (χ0) is 14.6. The molecule has 2 rings (SSSR count). The monoisotopic (exact) mass is 274 g/mol. The van der Waals surface area contributed by atoms with Crippen molar-refractivity contribution in [3.63, 3.8) is 0 Å². The third kappa shape index (κ3) is 3.99. The minimum Gasteiger partial charge on any atom is -0.371 e. The highest BCUT2D eigenvalue weighted by Crippen LogP contribution is 2.35. The Morgan fingerprint density at radius 3 is 2.45 bits per heavy atom. The van der Waals surface area contributed by atoms with Gasteiger partial charge >= 0.3 is 0 Å². The molecule has 1 unspecified atom stereocenters. The Hall–Kier alpha value is -1.02. The van der Waals surface area contributed by atoms with E-state index >= 15 is 0 Å². The van der Waals surface area contributed by atoms with Crippen molar-refractivity contribution >= 4 is 5.69 Å². The molecule has 1 aliphatic rings. The van der Waals surface area contributed by atoms with Gasteiger partial charge in [-0.3, -0.25) is 0 Å². The summed E-state index contributed by atoms with van der Waals surface area (Å²) in [7, 11) is 0. The topological polar surface area (TPSA) is 15.3 Å². The molecule has 112 valence electrons. The number of hydrogen-bond donors (Lipinski definition) is 1. The summed E-state index contributed by atoms with van der Waals surface area (Å²) in [5, 5.41) is 3.45. The van der Waals surface area contributed by atoms with Crippen LogP contribution >= 0.6 is 0 Å². The number of benzene rings is 1. The normalized spacial score (nSPS) is 19.6. The van der Waals surface area contributed by atoms with Crippen LogP contribution in [0, 0.1) is 11.3 Å². The Balaban J connectivity index is 1.91. The minimum absolute atomic E-state index is 0.429. The molecule has 0 saturated carbocycles. The second kappa shape index (κ2) is 6.62. The van der Waals surface area contributed by atoms with Crippen LogP contribution in [-0.4, -0.2) is 19.6 Å². The highest BCUT2D eigenvalue weighted by molar-refractivity contribution is 5.48. The first-order valence-corrected chi connectivity index (χ1v) is 8.05. The summed E-state index contributed by atoms with van der Waals surface area (Å²) in [6.07, 6.45) is 2.52. The molecule has 1 atom stereocenters. The van der Waals surface area contributed by atoms with Crippen LogP contribution in [0.15, 0.2) is 24.3 Å². The molecule has 0 bridgehead atoms. The van der Waals surface area contributed by atoms with Crippen LogP contribution in [0.4, 0.5) is 5.69 Å². The molecule has 2 nitrogen and oxygen atoms in total. The van der Waals surface area contributed by atoms with Crippen molar-refractivity contribution < 1.29 is 0 Å². The maximum atomic E-state index is 3.45. The van der Waals surface area contributed by atoms with Gasteiger partial charge in [0.15, 0.2) is 0 Å². The lowest BCUT2D eigenvalue weighted by atomic mass is 9.80. The fourth-order valence-electron chi connectivity index (χ4n) is 2.94. The van der Waals surface area contributed by atoms with Crippen LogP contribution in [-0.2, 0) is 6.54 Å². The summed E-state index contributed by atoms with van der Waals surface area (Å²) in [4.78, 5) is 2.54. The van der Waals surface area contributed by atoms with Crippen LogP contribution < -0.4 is 10.2 Å². The van der Waals surface area contributed by atoms with Crippen LogP contribution in [0.3, 0.4) is 0 Å². The van der Waals surface area contributed by atoms with Gasteiger partial charge in [-0.2, -0.15) is 0 Å². The highest BCUT2D eigenvalue weighted by atomic mass is 15.2. The van der Waals surface area contributed by atoms with Gasteiger partial charge in [0.2, 0.25) is 0 Å². The van der Waals surface area contributed by atoms with E-state index in [0.29, 0.717) is 5.41 Å². The minimum atomic E-state index is 0.429. The fourth-order valence-corrected chi connectivity index (χ4v) is 2.94. The maximum absolute atomic E-state index is 3.45. The number of rotatable bonds is 5. The highest BCUT2D eigenvalue weighted by Gasteiger charge is 2.31. The largest absolute Gasteiger partial charge is 0.371 e. The van der Waals surface area contributed by atoms with Gasteiger partial charge in [-0.05, 0) is 48.4 Å². The molecule has 1 aromatic rings. The van der Waals surface area contributed by atoms with Crippen molar-refractivity contribution in [1.29, 1.82) is 0 Å². The van der Waals surface area contributed by atoms with Crippen molar-refractivity contribution in [2.24, 2.45) is 11.3 Å². The molecule has 1 fully saturated rings. The molecular weight excluding hydrogens is 244 g/mol. The lowest BCUT2D eigenvalue weighted by Gasteiger charge is -2.27. The van der Waals surface area contributed by atoms with Gasteiger partial charge in [0.25, 0.3) is 0 Å². The van der Waals surface area contributed by atoms with Crippen molar-refractivity contribution in [1.82, 2.24) is 5.32 Å². The van der Waals surface area contributed by atoms with Crippen molar-refractivity contribution in [2.75, 3.05) is 24.5 Å². The second-order valence-electron chi connectivity index (χ2n) is 7.14. The summed E-state index contributed by atoms with van der Waals surface area (Å²) in [6, 6.07) is 9.10. The molecule has 0 amide bonds. The molecule has 1 aliphatic heterocycles. The van der Waals surface area contributed by atoms with Crippen molar-refractivity contribution in [2.45, 2.75) is 47.1 Å². The number of nitrogens with zero attached hydrogens (tertiary/aromatic N) is 1. The molecule has 1 saturated heterocycles. The molecule has 1 N–H and O–H groups in total. The lowest BCUT2D eigenvalue weighted by molar-refractivity contribution is 0.263. The molecule has 1 aromatic carbocycles. The predicted octanol–water partition coefficient (Wildman–Crippen LogP) is 4.06. The van der Waals surface area contributed by atoms with E-state index in [4.69, 9.17) is 0 Å². The molecule has 0 aliphatic carbocycles. The van der Waals surface area contributed by atoms with Crippen molar-refractivity contribution in [3.8, 4) is 0 Å². The Bertz CT molecular complexity index is 402. The van der Waals surface area contributed by atoms with Crippen LogP contribution in [0.2, 0.25) is 0 Å². The smallest absolute Gasteiger partial charge is 0.0366 e. The predicted molar refractivity (Wildman–Crippen MR) is 88.2 cm³/mol. The molecular formula is C18H30N2. The van der Waals surface area contributed by atoms with E-state index in [2.05, 4.69) is 62.2 Å². The summed E-state index contributed by atoms with van der Waals surface area (Å²) < 4.78 is 0. The molecule has 0 spiro atoms. The maximum Gasteiger partial charge on any atom is 0.0366 e. The van der Waals surface area contributed by atoms with Gasteiger partial charge in [-0.25, -0.2) is 0 Å². The zero-order valence-corrected chi connectivity index (χ0v) is 13.6. The second-order valence-corrected chi connectivity index (χ2v) is 7.14. The van der Waals surface area contributed by atoms with E-state index in [0.717, 1.165) is 19.0 Å². The fraction of sp³-hybridized carbons (Fsp3) is 0.667. The summed E-state index contributed by atoms with van der Waals surface area (Å²) in [6.45, 7) is 13.8. The average molecular weight is 274 g/mol. The van der Waals surface area contributed by atoms with Crippen LogP contribution in [0.5, 0.6) is 0 Å². The standard InChI is InChI=1S/C18H30N2/c1-5-11-19-13-15-6-8-17(9-7-15)20-12-10-16(14-20)18(2,3)4/h6-9,16,19H,5,10-14H2,1-4H3.